The molecule has 8 heteroatoms. The highest BCUT2D eigenvalue weighted by Crippen LogP contribution is 2.36. The van der Waals surface area contributed by atoms with Crippen LogP contribution in [0.3, 0.4) is 0 Å². The lowest BCUT2D eigenvalue weighted by Gasteiger charge is -2.33. The fourth-order valence-electron chi connectivity index (χ4n) is 4.32. The summed E-state index contributed by atoms with van der Waals surface area (Å²) in [5, 5.41) is 9.31. The second kappa shape index (κ2) is 9.43. The van der Waals surface area contributed by atoms with Gasteiger partial charge in [0.25, 0.3) is 0 Å². The Hall–Kier alpha value is -3.00. The van der Waals surface area contributed by atoms with Crippen LogP contribution in [0.5, 0.6) is 5.88 Å². The number of nitrogens with two attached hydrogens (primary N) is 1. The Balaban J connectivity index is 1.57. The fourth-order valence-corrected chi connectivity index (χ4v) is 4.32. The number of rotatable bonds is 7. The molecule has 3 heterocycles. The van der Waals surface area contributed by atoms with Crippen molar-refractivity contribution in [2.75, 3.05) is 43.8 Å². The molecular weight excluding hydrogens is 392 g/mol. The van der Waals surface area contributed by atoms with Crippen LogP contribution in [0.15, 0.2) is 36.7 Å². The Morgan fingerprint density at radius 2 is 2.16 bits per heavy atom. The lowest BCUT2D eigenvalue weighted by atomic mass is 9.98. The van der Waals surface area contributed by atoms with Crippen LogP contribution in [0.4, 0.5) is 11.4 Å². The number of amides is 1. The van der Waals surface area contributed by atoms with Crippen LogP contribution >= 0.6 is 0 Å². The summed E-state index contributed by atoms with van der Waals surface area (Å²) in [7, 11) is 0. The molecule has 31 heavy (non-hydrogen) atoms. The van der Waals surface area contributed by atoms with Gasteiger partial charge in [-0.15, -0.1) is 0 Å². The maximum Gasteiger partial charge on any atom is 0.240 e. The molecule has 0 radical (unpaired) electrons. The number of anilines is 2. The monoisotopic (exact) mass is 424 g/mol. The van der Waals surface area contributed by atoms with Crippen LogP contribution in [-0.4, -0.2) is 54.6 Å². The van der Waals surface area contributed by atoms with E-state index < -0.39 is 0 Å². The predicted octanol–water partition coefficient (Wildman–Crippen LogP) is 2.09. The van der Waals surface area contributed by atoms with Gasteiger partial charge in [-0.1, -0.05) is 12.7 Å². The van der Waals surface area contributed by atoms with E-state index in [9.17, 15) is 4.79 Å². The van der Waals surface area contributed by atoms with Crippen LogP contribution < -0.4 is 26.4 Å². The van der Waals surface area contributed by atoms with Crippen molar-refractivity contribution in [1.82, 2.24) is 20.5 Å². The Morgan fingerprint density at radius 3 is 2.81 bits per heavy atom. The first-order chi connectivity index (χ1) is 15.0. The highest BCUT2D eigenvalue weighted by molar-refractivity contribution is 5.79. The first-order valence-corrected chi connectivity index (χ1v) is 11.0. The van der Waals surface area contributed by atoms with E-state index in [2.05, 4.69) is 39.6 Å². The molecule has 2 fully saturated rings. The molecule has 0 unspecified atom stereocenters. The zero-order valence-corrected chi connectivity index (χ0v) is 18.1. The molecule has 0 saturated carbocycles. The van der Waals surface area contributed by atoms with Gasteiger partial charge in [-0.2, -0.15) is 0 Å². The molecule has 2 saturated heterocycles. The SMILES string of the molecule is C=CNc1c(N)cc(C2=CC=C(N3CCNCC3)CC2)nc1O[C@H](C)[C@H]1CNC(=O)C1. The molecule has 2 atom stereocenters. The smallest absolute Gasteiger partial charge is 0.240 e. The Morgan fingerprint density at radius 1 is 1.35 bits per heavy atom. The Labute approximate surface area is 183 Å². The first kappa shape index (κ1) is 21.2. The van der Waals surface area contributed by atoms with Crippen molar-refractivity contribution in [1.29, 1.82) is 0 Å². The number of ether oxygens (including phenoxy) is 1. The summed E-state index contributed by atoms with van der Waals surface area (Å²) in [6.07, 6.45) is 8.10. The number of piperazine rings is 1. The molecule has 3 aliphatic rings. The first-order valence-electron chi connectivity index (χ1n) is 11.0. The van der Waals surface area contributed by atoms with E-state index >= 15 is 0 Å². The molecule has 8 nitrogen and oxygen atoms in total. The summed E-state index contributed by atoms with van der Waals surface area (Å²) in [6.45, 7) is 10.5. The van der Waals surface area contributed by atoms with E-state index in [0.29, 0.717) is 30.2 Å². The minimum absolute atomic E-state index is 0.0607. The van der Waals surface area contributed by atoms with Gasteiger partial charge in [-0.25, -0.2) is 4.98 Å². The van der Waals surface area contributed by atoms with Crippen LogP contribution in [-0.2, 0) is 4.79 Å². The fraction of sp³-hybridized carbons (Fsp3) is 0.478. The summed E-state index contributed by atoms with van der Waals surface area (Å²) < 4.78 is 6.21. The highest BCUT2D eigenvalue weighted by atomic mass is 16.5. The number of carbonyl (C=O) groups is 1. The maximum absolute atomic E-state index is 11.6. The average molecular weight is 425 g/mol. The normalized spacial score (nSPS) is 22.3. The number of nitrogens with one attached hydrogen (secondary N) is 3. The summed E-state index contributed by atoms with van der Waals surface area (Å²) >= 11 is 0. The highest BCUT2D eigenvalue weighted by Gasteiger charge is 2.29. The molecule has 1 aromatic rings. The minimum atomic E-state index is -0.175. The third kappa shape index (κ3) is 4.85. The lowest BCUT2D eigenvalue weighted by molar-refractivity contribution is -0.119. The Kier molecular flexibility index (Phi) is 6.46. The number of hydrogen-bond acceptors (Lipinski definition) is 7. The predicted molar refractivity (Wildman–Crippen MR) is 123 cm³/mol. The number of allylic oxidation sites excluding steroid dienone is 4. The molecule has 4 rings (SSSR count). The van der Waals surface area contributed by atoms with Crippen LogP contribution in [0, 0.1) is 5.92 Å². The molecule has 1 aliphatic carbocycles. The van der Waals surface area contributed by atoms with Gasteiger partial charge in [0.05, 0.1) is 11.4 Å². The zero-order valence-electron chi connectivity index (χ0n) is 18.1. The third-order valence-corrected chi connectivity index (χ3v) is 6.21. The summed E-state index contributed by atoms with van der Waals surface area (Å²) in [6, 6.07) is 1.89. The van der Waals surface area contributed by atoms with Gasteiger partial charge in [0.1, 0.15) is 11.8 Å². The Bertz CT molecular complexity index is 904. The number of nitrogens with zero attached hydrogens (tertiary/aromatic N) is 2. The van der Waals surface area contributed by atoms with Crippen molar-refractivity contribution in [3.63, 3.8) is 0 Å². The van der Waals surface area contributed by atoms with Gasteiger partial charge in [-0.05, 0) is 43.7 Å². The van der Waals surface area contributed by atoms with Crippen LogP contribution in [0.25, 0.3) is 5.57 Å². The molecule has 2 aliphatic heterocycles. The number of pyridine rings is 1. The molecule has 0 bridgehead atoms. The van der Waals surface area contributed by atoms with Crippen molar-refractivity contribution in [3.8, 4) is 5.88 Å². The van der Waals surface area contributed by atoms with Crippen molar-refractivity contribution in [3.05, 3.63) is 42.4 Å². The van der Waals surface area contributed by atoms with Crippen molar-refractivity contribution in [2.24, 2.45) is 5.92 Å². The van der Waals surface area contributed by atoms with E-state index in [-0.39, 0.29) is 17.9 Å². The van der Waals surface area contributed by atoms with Gasteiger partial charge >= 0.3 is 0 Å². The molecule has 0 aromatic carbocycles. The largest absolute Gasteiger partial charge is 0.473 e. The van der Waals surface area contributed by atoms with Crippen molar-refractivity contribution >= 4 is 22.9 Å². The lowest BCUT2D eigenvalue weighted by Crippen LogP contribution is -2.43. The van der Waals surface area contributed by atoms with Crippen molar-refractivity contribution in [2.45, 2.75) is 32.3 Å². The molecular formula is C23H32N6O2. The minimum Gasteiger partial charge on any atom is -0.473 e. The second-order valence-electron chi connectivity index (χ2n) is 8.30. The molecule has 166 valence electrons. The standard InChI is InChI=1S/C23H32N6O2/c1-3-26-22-19(24)13-20(28-23(22)31-15(2)17-12-21(30)27-14-17)16-4-6-18(7-5-16)29-10-8-25-9-11-29/h3-4,6,13,15,17,25-26H,1,5,7-12,14H2,2H3,(H2,24,28)(H,27,30)/t15-,17-/m1/s1. The molecule has 0 spiro atoms. The molecule has 1 amide bonds. The van der Waals surface area contributed by atoms with Gasteiger partial charge in [0, 0.05) is 50.8 Å². The quantitative estimate of drug-likeness (QED) is 0.531. The van der Waals surface area contributed by atoms with E-state index in [1.54, 1.807) is 6.20 Å². The number of aromatic nitrogens is 1. The van der Waals surface area contributed by atoms with Gasteiger partial charge in [0.15, 0.2) is 0 Å². The summed E-state index contributed by atoms with van der Waals surface area (Å²) in [5.74, 6) is 0.610. The zero-order chi connectivity index (χ0) is 21.8. The molecule has 5 N–H and O–H groups in total. The number of hydrogen-bond donors (Lipinski definition) is 4. The number of nitrogen functional groups attached to an aromatic ring is 1. The summed E-state index contributed by atoms with van der Waals surface area (Å²) in [4.78, 5) is 18.8. The topological polar surface area (TPSA) is 105 Å². The van der Waals surface area contributed by atoms with Crippen LogP contribution in [0.1, 0.15) is 31.9 Å². The van der Waals surface area contributed by atoms with Gasteiger partial charge in [-0.3, -0.25) is 4.79 Å². The van der Waals surface area contributed by atoms with Gasteiger partial charge < -0.3 is 31.3 Å². The second-order valence-corrected chi connectivity index (χ2v) is 8.30. The van der Waals surface area contributed by atoms with Crippen molar-refractivity contribution < 1.29 is 9.53 Å². The average Bonchev–Trinajstić information content (AvgIpc) is 3.23. The molecule has 1 aromatic heterocycles. The third-order valence-electron chi connectivity index (χ3n) is 6.21. The maximum atomic E-state index is 11.6. The van der Waals surface area contributed by atoms with E-state index in [1.165, 1.54) is 5.70 Å². The number of carbonyl (C=O) groups excluding carboxylic acids is 1. The van der Waals surface area contributed by atoms with Crippen LogP contribution in [0.2, 0.25) is 0 Å². The van der Waals surface area contributed by atoms with Gasteiger partial charge in [0.2, 0.25) is 11.8 Å². The van der Waals surface area contributed by atoms with E-state index in [4.69, 9.17) is 15.5 Å². The van der Waals surface area contributed by atoms with E-state index in [1.807, 2.05) is 13.0 Å². The van der Waals surface area contributed by atoms with E-state index in [0.717, 1.165) is 50.3 Å². The summed E-state index contributed by atoms with van der Waals surface area (Å²) in [5.41, 5.74) is 10.9.